The third-order valence-electron chi connectivity index (χ3n) is 11.3. The first-order chi connectivity index (χ1) is 32.7. The van der Waals surface area contributed by atoms with E-state index in [0.29, 0.717) is 72.0 Å². The second kappa shape index (κ2) is 33.1. The molecule has 5 aromatic carbocycles. The quantitative estimate of drug-likeness (QED) is 0.0168. The van der Waals surface area contributed by atoms with Crippen molar-refractivity contribution in [3.8, 4) is 22.6 Å². The van der Waals surface area contributed by atoms with Crippen LogP contribution < -0.4 is 72.4 Å². The lowest BCUT2D eigenvalue weighted by atomic mass is 9.92. The predicted octanol–water partition coefficient (Wildman–Crippen LogP) is -0.206. The van der Waals surface area contributed by atoms with E-state index < -0.39 is 48.4 Å². The van der Waals surface area contributed by atoms with Gasteiger partial charge in [-0.3, -0.25) is 30.8 Å². The Kier molecular flexibility index (Phi) is 30.0. The van der Waals surface area contributed by atoms with Crippen molar-refractivity contribution < 1.29 is 68.9 Å². The maximum absolute atomic E-state index is 14.2. The van der Waals surface area contributed by atoms with E-state index in [-0.39, 0.29) is 89.6 Å². The lowest BCUT2D eigenvalue weighted by Crippen LogP contribution is -3.00. The number of ether oxygens (including phenoxy) is 3. The molecule has 11 N–H and O–H groups in total. The zero-order valence-corrected chi connectivity index (χ0v) is 46.3. The molecule has 3 atom stereocenters. The number of hydrogen-bond acceptors (Lipinski definition) is 7. The molecular formula is C52H71Cl4N7O7S2. The molecule has 0 fully saturated rings. The third kappa shape index (κ3) is 19.6. The molecule has 0 saturated heterocycles. The topological polar surface area (TPSA) is 226 Å². The molecule has 0 aromatic heterocycles. The molecule has 0 aliphatic heterocycles. The number of hydrogen-bond donors (Lipinski definition) is 7. The van der Waals surface area contributed by atoms with Crippen LogP contribution in [0.25, 0.3) is 32.7 Å². The number of quaternary nitrogens is 1. The minimum Gasteiger partial charge on any atom is -1.00 e. The van der Waals surface area contributed by atoms with Gasteiger partial charge in [-0.1, -0.05) is 118 Å². The molecule has 0 bridgehead atoms. The van der Waals surface area contributed by atoms with Gasteiger partial charge in [0.05, 0.1) is 19.7 Å². The van der Waals surface area contributed by atoms with E-state index in [9.17, 15) is 19.2 Å². The Bertz CT molecular complexity index is 2530. The van der Waals surface area contributed by atoms with E-state index in [4.69, 9.17) is 48.9 Å². The van der Waals surface area contributed by atoms with E-state index >= 15 is 0 Å². The summed E-state index contributed by atoms with van der Waals surface area (Å²) in [6, 6.07) is 25.6. The number of nitrogens with two attached hydrogens (primary N) is 2. The molecule has 5 rings (SSSR count). The van der Waals surface area contributed by atoms with Crippen LogP contribution in [0, 0.1) is 11.8 Å². The highest BCUT2D eigenvalue weighted by molar-refractivity contribution is 7.59. The smallest absolute Gasteiger partial charge is 0.338 e. The maximum atomic E-state index is 14.2. The van der Waals surface area contributed by atoms with Crippen LogP contribution >= 0.6 is 50.2 Å². The van der Waals surface area contributed by atoms with E-state index in [2.05, 4.69) is 46.6 Å². The number of fused-ring (bicyclic) bond motifs is 2. The largest absolute Gasteiger partial charge is 1.00 e. The van der Waals surface area contributed by atoms with Gasteiger partial charge >= 0.3 is 11.9 Å². The van der Waals surface area contributed by atoms with Gasteiger partial charge in [0, 0.05) is 26.7 Å². The Balaban J connectivity index is 0.00000648. The van der Waals surface area contributed by atoms with Crippen molar-refractivity contribution in [2.75, 3.05) is 26.3 Å². The van der Waals surface area contributed by atoms with Crippen LogP contribution in [0.4, 0.5) is 0 Å². The Morgan fingerprint density at radius 2 is 1.17 bits per heavy atom. The Labute approximate surface area is 459 Å². The van der Waals surface area contributed by atoms with Gasteiger partial charge in [0.2, 0.25) is 11.8 Å². The minimum absolute atomic E-state index is 0. The zero-order chi connectivity index (χ0) is 49.2. The second-order valence-electron chi connectivity index (χ2n) is 17.7. The van der Waals surface area contributed by atoms with Gasteiger partial charge in [-0.15, -0.1) is 0 Å². The fourth-order valence-corrected chi connectivity index (χ4v) is 8.30. The SMILES string of the molecule is CC(C)CCOc1ccc2ccccc2c1-c1c(OCC(=O)N[C@H](CCCC[NH3+])C(=O)N[C@H](CCC[NH+]=C(N)N)C(=O)N[C@@H](CC(C)C)C(=O)OCc2c(Cl)cccc2Cl)ccc2ccccc12.S.S.[Cl-].[Cl-]. The molecule has 72 heavy (non-hydrogen) atoms. The molecule has 0 spiro atoms. The van der Waals surface area contributed by atoms with Gasteiger partial charge in [0.1, 0.15) is 36.2 Å². The fourth-order valence-electron chi connectivity index (χ4n) is 7.79. The van der Waals surface area contributed by atoms with E-state index in [1.165, 1.54) is 0 Å². The Morgan fingerprint density at radius 3 is 1.71 bits per heavy atom. The minimum atomic E-state index is -1.12. The van der Waals surface area contributed by atoms with Crippen molar-refractivity contribution >= 4 is 101 Å². The maximum Gasteiger partial charge on any atom is 0.338 e. The van der Waals surface area contributed by atoms with Crippen LogP contribution in [0.2, 0.25) is 10.0 Å². The normalized spacial score (nSPS) is 11.9. The first kappa shape index (κ1) is 65.2. The molecular weight excluding hydrogens is 1040 g/mol. The van der Waals surface area contributed by atoms with E-state index in [0.717, 1.165) is 39.1 Å². The number of halogens is 4. The average molecular weight is 1110 g/mol. The number of benzene rings is 5. The summed E-state index contributed by atoms with van der Waals surface area (Å²) in [5.74, 6) is -0.825. The summed E-state index contributed by atoms with van der Waals surface area (Å²) in [4.78, 5) is 58.6. The highest BCUT2D eigenvalue weighted by Crippen LogP contribution is 2.45. The molecule has 0 aliphatic rings. The summed E-state index contributed by atoms with van der Waals surface area (Å²) in [7, 11) is 0. The predicted molar refractivity (Wildman–Crippen MR) is 290 cm³/mol. The standard InChI is InChI=1S/C52H65Cl2N7O7.2ClH.2H2S/c1-32(2)25-28-66-44-23-21-34-13-5-7-15-36(34)47(44)48-37-16-8-6-14-35(37)22-24-45(48)67-31-46(62)59-41(19-9-10-26-55)49(63)60-42(20-12-27-58-52(56)57)50(64)61-43(29-33(3)4)51(65)68-30-38-39(53)17-11-18-40(38)54;;;;/h5-8,11,13-18,21-24,32-33,41-43H,9-10,12,19-20,25-31,55H2,1-4H3,(H,59,62)(H,60,63)(H,61,64)(H4,56,57,58);2*1H;2*1H2/t41-,42-,43+;;;;/m1..../s1. The van der Waals surface area contributed by atoms with Gasteiger partial charge in [-0.05, 0) is 103 Å². The summed E-state index contributed by atoms with van der Waals surface area (Å²) >= 11 is 12.6. The van der Waals surface area contributed by atoms with Crippen molar-refractivity contribution in [3.05, 3.63) is 107 Å². The highest BCUT2D eigenvalue weighted by atomic mass is 35.5. The van der Waals surface area contributed by atoms with Gasteiger partial charge in [0.15, 0.2) is 6.61 Å². The van der Waals surface area contributed by atoms with Gasteiger partial charge in [-0.2, -0.15) is 27.0 Å². The summed E-state index contributed by atoms with van der Waals surface area (Å²) in [6.07, 6.45) is 3.16. The molecule has 0 unspecified atom stereocenters. The monoisotopic (exact) mass is 1110 g/mol. The van der Waals surface area contributed by atoms with Crippen molar-refractivity contribution in [1.82, 2.24) is 16.0 Å². The highest BCUT2D eigenvalue weighted by Gasteiger charge is 2.31. The number of nitrogens with one attached hydrogen (secondary N) is 4. The van der Waals surface area contributed by atoms with E-state index in [1.807, 2.05) is 80.6 Å². The summed E-state index contributed by atoms with van der Waals surface area (Å²) in [6.45, 7) is 8.96. The number of rotatable bonds is 26. The first-order valence-electron chi connectivity index (χ1n) is 23.4. The van der Waals surface area contributed by atoms with Crippen molar-refractivity contribution in [2.24, 2.45) is 23.3 Å². The second-order valence-corrected chi connectivity index (χ2v) is 18.5. The lowest BCUT2D eigenvalue weighted by Gasteiger charge is -2.26. The number of unbranched alkanes of at least 4 members (excludes halogenated alkanes) is 1. The fraction of sp³-hybridized carbons (Fsp3) is 0.404. The summed E-state index contributed by atoms with van der Waals surface area (Å²) in [5.41, 5.74) is 17.2. The number of esters is 1. The number of carbonyl (C=O) groups is 4. The van der Waals surface area contributed by atoms with Gasteiger partial charge in [-0.25, -0.2) is 4.79 Å². The number of carbonyl (C=O) groups excluding carboxylic acids is 4. The molecule has 0 aliphatic carbocycles. The molecule has 0 heterocycles. The van der Waals surface area contributed by atoms with Crippen molar-refractivity contribution in [2.45, 2.75) is 97.4 Å². The first-order valence-corrected chi connectivity index (χ1v) is 24.1. The zero-order valence-electron chi connectivity index (χ0n) is 41.3. The Hall–Kier alpha value is -4.81. The van der Waals surface area contributed by atoms with Crippen LogP contribution in [0.15, 0.2) is 91.0 Å². The molecule has 0 radical (unpaired) electrons. The number of amides is 3. The van der Waals surface area contributed by atoms with Crippen LogP contribution in [0.1, 0.15) is 78.2 Å². The van der Waals surface area contributed by atoms with Gasteiger partial charge < -0.3 is 60.7 Å². The summed E-state index contributed by atoms with van der Waals surface area (Å²) < 4.78 is 18.5. The molecule has 0 saturated carbocycles. The molecule has 20 heteroatoms. The molecule has 3 amide bonds. The number of guanidine groups is 1. The third-order valence-corrected chi connectivity index (χ3v) is 12.1. The van der Waals surface area contributed by atoms with Crippen LogP contribution in [0.3, 0.4) is 0 Å². The van der Waals surface area contributed by atoms with Crippen LogP contribution in [-0.2, 0) is 30.5 Å². The Morgan fingerprint density at radius 1 is 0.639 bits per heavy atom. The molecule has 5 aromatic rings. The van der Waals surface area contributed by atoms with Crippen LogP contribution in [-0.4, -0.2) is 74.1 Å². The van der Waals surface area contributed by atoms with Crippen molar-refractivity contribution in [1.29, 1.82) is 0 Å². The molecule has 14 nitrogen and oxygen atoms in total. The van der Waals surface area contributed by atoms with Crippen LogP contribution in [0.5, 0.6) is 11.5 Å². The average Bonchev–Trinajstić information content (AvgIpc) is 3.30. The van der Waals surface area contributed by atoms with E-state index in [1.54, 1.807) is 18.2 Å². The van der Waals surface area contributed by atoms with Gasteiger partial charge in [0.25, 0.3) is 5.91 Å². The van der Waals surface area contributed by atoms with Crippen molar-refractivity contribution in [3.63, 3.8) is 0 Å². The molecule has 396 valence electrons. The summed E-state index contributed by atoms with van der Waals surface area (Å²) in [5, 5.41) is 13.1. The lowest BCUT2D eigenvalue weighted by molar-refractivity contribution is -0.459.